The van der Waals surface area contributed by atoms with Crippen LogP contribution >= 0.6 is 0 Å². The van der Waals surface area contributed by atoms with Crippen LogP contribution in [0.5, 0.6) is 5.75 Å². The van der Waals surface area contributed by atoms with E-state index < -0.39 is 0 Å². The van der Waals surface area contributed by atoms with E-state index in [1.54, 1.807) is 6.08 Å². The number of hydrogen-bond acceptors (Lipinski definition) is 2. The summed E-state index contributed by atoms with van der Waals surface area (Å²) in [5, 5.41) is 12.3. The van der Waals surface area contributed by atoms with Gasteiger partial charge in [-0.2, -0.15) is 0 Å². The van der Waals surface area contributed by atoms with Crippen LogP contribution in [0, 0.1) is 0 Å². The molecule has 1 atom stereocenters. The molecule has 1 unspecified atom stereocenters. The van der Waals surface area contributed by atoms with Gasteiger partial charge in [0.25, 0.3) is 0 Å². The average Bonchev–Trinajstić information content (AvgIpc) is 2.80. The molecule has 0 heterocycles. The van der Waals surface area contributed by atoms with Gasteiger partial charge in [-0.25, -0.2) is 0 Å². The Kier molecular flexibility index (Phi) is 2.80. The second-order valence-electron chi connectivity index (χ2n) is 4.66. The van der Waals surface area contributed by atoms with Crippen molar-refractivity contribution in [2.75, 3.05) is 6.61 Å². The number of hydrogen-bond donors (Lipinski definition) is 1. The Bertz CT molecular complexity index is 601. The lowest BCUT2D eigenvalue weighted by molar-refractivity contribution is 0.0758. The van der Waals surface area contributed by atoms with Crippen LogP contribution in [0.25, 0.3) is 10.8 Å². The van der Waals surface area contributed by atoms with Gasteiger partial charge in [0.15, 0.2) is 0 Å². The van der Waals surface area contributed by atoms with E-state index in [4.69, 9.17) is 4.74 Å². The molecule has 0 aliphatic heterocycles. The molecule has 18 heavy (non-hydrogen) atoms. The molecule has 92 valence electrons. The standard InChI is InChI=1S/C16H16O2/c1-2-9-18-15-8-7-13-14(15)10-11-5-3-4-6-12(11)16(13)17/h2-6,10,15,17H,1,7-9H2. The summed E-state index contributed by atoms with van der Waals surface area (Å²) in [4.78, 5) is 0. The Morgan fingerprint density at radius 1 is 1.39 bits per heavy atom. The summed E-state index contributed by atoms with van der Waals surface area (Å²) in [5.41, 5.74) is 2.18. The van der Waals surface area contributed by atoms with E-state index >= 15 is 0 Å². The smallest absolute Gasteiger partial charge is 0.126 e. The zero-order chi connectivity index (χ0) is 12.5. The lowest BCUT2D eigenvalue weighted by Gasteiger charge is -2.13. The first-order chi connectivity index (χ1) is 8.81. The van der Waals surface area contributed by atoms with Crippen LogP contribution in [-0.4, -0.2) is 11.7 Å². The highest BCUT2D eigenvalue weighted by Gasteiger charge is 2.26. The molecule has 1 aliphatic carbocycles. The SMILES string of the molecule is C=CCOC1CCc2c1cc1ccccc1c2O. The van der Waals surface area contributed by atoms with Gasteiger partial charge < -0.3 is 9.84 Å². The highest BCUT2D eigenvalue weighted by molar-refractivity contribution is 5.90. The maximum atomic E-state index is 10.3. The number of benzene rings is 2. The molecule has 2 aromatic rings. The van der Waals surface area contributed by atoms with Crippen LogP contribution < -0.4 is 0 Å². The van der Waals surface area contributed by atoms with Crippen LogP contribution in [0.1, 0.15) is 23.7 Å². The van der Waals surface area contributed by atoms with E-state index in [-0.39, 0.29) is 6.10 Å². The highest BCUT2D eigenvalue weighted by atomic mass is 16.5. The third kappa shape index (κ3) is 1.70. The van der Waals surface area contributed by atoms with Gasteiger partial charge in [0.1, 0.15) is 5.75 Å². The van der Waals surface area contributed by atoms with Gasteiger partial charge in [-0.15, -0.1) is 6.58 Å². The van der Waals surface area contributed by atoms with E-state index in [1.165, 1.54) is 0 Å². The lowest BCUT2D eigenvalue weighted by atomic mass is 10.0. The van der Waals surface area contributed by atoms with Gasteiger partial charge in [-0.1, -0.05) is 30.3 Å². The van der Waals surface area contributed by atoms with Crippen LogP contribution in [0.2, 0.25) is 0 Å². The van der Waals surface area contributed by atoms with E-state index in [9.17, 15) is 5.11 Å². The normalized spacial score (nSPS) is 17.9. The Morgan fingerprint density at radius 3 is 3.06 bits per heavy atom. The van der Waals surface area contributed by atoms with Crippen molar-refractivity contribution in [1.29, 1.82) is 0 Å². The first-order valence-corrected chi connectivity index (χ1v) is 6.27. The molecule has 0 spiro atoms. The monoisotopic (exact) mass is 240 g/mol. The topological polar surface area (TPSA) is 29.5 Å². The quantitative estimate of drug-likeness (QED) is 0.828. The van der Waals surface area contributed by atoms with Crippen LogP contribution in [-0.2, 0) is 11.2 Å². The van der Waals surface area contributed by atoms with Gasteiger partial charge in [-0.3, -0.25) is 0 Å². The van der Waals surface area contributed by atoms with Gasteiger partial charge in [0.05, 0.1) is 12.7 Å². The van der Waals surface area contributed by atoms with Crippen LogP contribution in [0.15, 0.2) is 43.0 Å². The van der Waals surface area contributed by atoms with Crippen molar-refractivity contribution >= 4 is 10.8 Å². The summed E-state index contributed by atoms with van der Waals surface area (Å²) in [7, 11) is 0. The van der Waals surface area contributed by atoms with Gasteiger partial charge in [0, 0.05) is 10.9 Å². The number of phenols is 1. The zero-order valence-corrected chi connectivity index (χ0v) is 10.2. The molecule has 0 amide bonds. The first-order valence-electron chi connectivity index (χ1n) is 6.27. The number of phenolic OH excluding ortho intramolecular Hbond substituents is 1. The predicted octanol–water partition coefficient (Wildman–Crippen LogP) is 3.74. The van der Waals surface area contributed by atoms with Crippen molar-refractivity contribution in [1.82, 2.24) is 0 Å². The first kappa shape index (κ1) is 11.3. The third-order valence-corrected chi connectivity index (χ3v) is 3.58. The molecule has 0 saturated carbocycles. The molecular weight excluding hydrogens is 224 g/mol. The largest absolute Gasteiger partial charge is 0.507 e. The highest BCUT2D eigenvalue weighted by Crippen LogP contribution is 2.42. The van der Waals surface area contributed by atoms with Crippen LogP contribution in [0.3, 0.4) is 0 Å². The van der Waals surface area contributed by atoms with Gasteiger partial charge in [0.2, 0.25) is 0 Å². The second-order valence-corrected chi connectivity index (χ2v) is 4.66. The summed E-state index contributed by atoms with van der Waals surface area (Å²) in [6, 6.07) is 10.1. The summed E-state index contributed by atoms with van der Waals surface area (Å²) in [6.07, 6.45) is 3.67. The maximum Gasteiger partial charge on any atom is 0.126 e. The molecular formula is C16H16O2. The minimum absolute atomic E-state index is 0.0912. The fourth-order valence-corrected chi connectivity index (χ4v) is 2.73. The average molecular weight is 240 g/mol. The fraction of sp³-hybridized carbons (Fsp3) is 0.250. The van der Waals surface area contributed by atoms with E-state index in [0.29, 0.717) is 12.4 Å². The molecule has 0 fully saturated rings. The molecule has 3 rings (SSSR count). The van der Waals surface area contributed by atoms with Crippen LogP contribution in [0.4, 0.5) is 0 Å². The molecule has 2 nitrogen and oxygen atoms in total. The lowest BCUT2D eigenvalue weighted by Crippen LogP contribution is -2.00. The Hall–Kier alpha value is -1.80. The van der Waals surface area contributed by atoms with Crippen molar-refractivity contribution in [3.63, 3.8) is 0 Å². The second kappa shape index (κ2) is 4.46. The van der Waals surface area contributed by atoms with Crippen molar-refractivity contribution in [2.45, 2.75) is 18.9 Å². The number of fused-ring (bicyclic) bond motifs is 2. The Balaban J connectivity index is 2.11. The fourth-order valence-electron chi connectivity index (χ4n) is 2.73. The van der Waals surface area contributed by atoms with E-state index in [1.807, 2.05) is 24.3 Å². The summed E-state index contributed by atoms with van der Waals surface area (Å²) >= 11 is 0. The molecule has 0 bridgehead atoms. The van der Waals surface area contributed by atoms with Crippen molar-refractivity contribution in [3.8, 4) is 5.75 Å². The minimum atomic E-state index is 0.0912. The maximum absolute atomic E-state index is 10.3. The summed E-state index contributed by atoms with van der Waals surface area (Å²) in [5.74, 6) is 0.424. The van der Waals surface area contributed by atoms with Crippen molar-refractivity contribution in [2.24, 2.45) is 0 Å². The molecule has 2 aromatic carbocycles. The Labute approximate surface area is 107 Å². The number of ether oxygens (including phenoxy) is 1. The molecule has 0 aromatic heterocycles. The molecule has 1 aliphatic rings. The zero-order valence-electron chi connectivity index (χ0n) is 10.2. The number of aromatic hydroxyl groups is 1. The van der Waals surface area contributed by atoms with Crippen molar-refractivity contribution in [3.05, 3.63) is 54.1 Å². The van der Waals surface area contributed by atoms with Gasteiger partial charge in [-0.05, 0) is 29.9 Å². The molecule has 0 saturated heterocycles. The number of rotatable bonds is 3. The third-order valence-electron chi connectivity index (χ3n) is 3.58. The minimum Gasteiger partial charge on any atom is -0.507 e. The Morgan fingerprint density at radius 2 is 2.22 bits per heavy atom. The molecule has 2 heteroatoms. The van der Waals surface area contributed by atoms with Crippen molar-refractivity contribution < 1.29 is 9.84 Å². The van der Waals surface area contributed by atoms with E-state index in [0.717, 1.165) is 34.7 Å². The van der Waals surface area contributed by atoms with Gasteiger partial charge >= 0.3 is 0 Å². The van der Waals surface area contributed by atoms with E-state index in [2.05, 4.69) is 12.6 Å². The summed E-state index contributed by atoms with van der Waals surface area (Å²) in [6.45, 7) is 4.22. The molecule has 0 radical (unpaired) electrons. The predicted molar refractivity (Wildman–Crippen MR) is 72.8 cm³/mol. The molecule has 1 N–H and O–H groups in total. The summed E-state index contributed by atoms with van der Waals surface area (Å²) < 4.78 is 5.75.